The number of nitrogens with zero attached hydrogens (tertiary/aromatic N) is 1. The van der Waals surface area contributed by atoms with Crippen LogP contribution < -0.4 is 11.3 Å². The van der Waals surface area contributed by atoms with Crippen molar-refractivity contribution in [1.82, 2.24) is 4.98 Å². The van der Waals surface area contributed by atoms with Gasteiger partial charge in [0, 0.05) is 20.1 Å². The summed E-state index contributed by atoms with van der Waals surface area (Å²) >= 11 is 2.09. The molecule has 5 heteroatoms. The average molecular weight is 393 g/mol. The molecule has 0 saturated heterocycles. The highest BCUT2D eigenvalue weighted by Gasteiger charge is 2.15. The van der Waals surface area contributed by atoms with Crippen molar-refractivity contribution in [3.8, 4) is 11.3 Å². The van der Waals surface area contributed by atoms with Gasteiger partial charge in [0.15, 0.2) is 0 Å². The third-order valence-corrected chi connectivity index (χ3v) is 4.27. The number of halogens is 2. The van der Waals surface area contributed by atoms with Crippen LogP contribution in [0, 0.1) is 16.3 Å². The molecular formula is C16H13FIN3. The van der Waals surface area contributed by atoms with E-state index in [0.29, 0.717) is 11.1 Å². The molecule has 106 valence electrons. The second-order valence-corrected chi connectivity index (χ2v) is 5.92. The van der Waals surface area contributed by atoms with Crippen LogP contribution in [0.3, 0.4) is 0 Å². The van der Waals surface area contributed by atoms with E-state index in [0.717, 1.165) is 25.9 Å². The van der Waals surface area contributed by atoms with Crippen LogP contribution >= 0.6 is 22.6 Å². The van der Waals surface area contributed by atoms with Gasteiger partial charge in [-0.25, -0.2) is 9.37 Å². The van der Waals surface area contributed by atoms with Crippen LogP contribution in [-0.2, 0) is 0 Å². The first-order valence-electron chi connectivity index (χ1n) is 6.43. The fraction of sp³-hybridized carbons (Fsp3) is 0.0625. The second-order valence-electron chi connectivity index (χ2n) is 4.75. The molecule has 0 atom stereocenters. The Morgan fingerprint density at radius 3 is 2.57 bits per heavy atom. The summed E-state index contributed by atoms with van der Waals surface area (Å²) < 4.78 is 14.4. The molecule has 0 aliphatic carbocycles. The van der Waals surface area contributed by atoms with Gasteiger partial charge in [0.1, 0.15) is 5.82 Å². The summed E-state index contributed by atoms with van der Waals surface area (Å²) in [6.45, 7) is 1.93. The third-order valence-electron chi connectivity index (χ3n) is 3.44. The number of rotatable bonds is 2. The average Bonchev–Trinajstić information content (AvgIpc) is 2.47. The van der Waals surface area contributed by atoms with Gasteiger partial charge in [0.05, 0.1) is 16.9 Å². The van der Waals surface area contributed by atoms with Crippen LogP contribution in [0.1, 0.15) is 5.56 Å². The molecule has 2 aromatic carbocycles. The molecule has 0 aliphatic rings. The van der Waals surface area contributed by atoms with E-state index < -0.39 is 0 Å². The molecule has 3 nitrogen and oxygen atoms in total. The lowest BCUT2D eigenvalue weighted by molar-refractivity contribution is 0.629. The minimum Gasteiger partial charge on any atom is -0.323 e. The van der Waals surface area contributed by atoms with Gasteiger partial charge in [-0.05, 0) is 41.6 Å². The van der Waals surface area contributed by atoms with E-state index in [4.69, 9.17) is 10.8 Å². The van der Waals surface area contributed by atoms with Crippen LogP contribution in [0.15, 0.2) is 42.5 Å². The summed E-state index contributed by atoms with van der Waals surface area (Å²) in [7, 11) is 0. The number of anilines is 1. The number of pyridine rings is 1. The zero-order valence-corrected chi connectivity index (χ0v) is 13.5. The van der Waals surface area contributed by atoms with Crippen molar-refractivity contribution in [2.75, 3.05) is 5.43 Å². The van der Waals surface area contributed by atoms with Gasteiger partial charge >= 0.3 is 0 Å². The highest BCUT2D eigenvalue weighted by molar-refractivity contribution is 14.1. The lowest BCUT2D eigenvalue weighted by atomic mass is 10.0. The first-order valence-corrected chi connectivity index (χ1v) is 7.51. The Hall–Kier alpha value is -1.73. The van der Waals surface area contributed by atoms with E-state index in [2.05, 4.69) is 28.0 Å². The van der Waals surface area contributed by atoms with Gasteiger partial charge in [0.2, 0.25) is 0 Å². The maximum absolute atomic E-state index is 13.7. The highest BCUT2D eigenvalue weighted by atomic mass is 127. The molecular weight excluding hydrogens is 380 g/mol. The number of aromatic nitrogens is 1. The van der Waals surface area contributed by atoms with Gasteiger partial charge < -0.3 is 5.43 Å². The van der Waals surface area contributed by atoms with E-state index in [1.54, 1.807) is 0 Å². The van der Waals surface area contributed by atoms with Crippen molar-refractivity contribution in [3.63, 3.8) is 0 Å². The fourth-order valence-corrected chi connectivity index (χ4v) is 3.16. The van der Waals surface area contributed by atoms with Crippen molar-refractivity contribution < 1.29 is 4.39 Å². The first-order chi connectivity index (χ1) is 10.1. The van der Waals surface area contributed by atoms with Crippen molar-refractivity contribution in [2.24, 2.45) is 5.84 Å². The van der Waals surface area contributed by atoms with Crippen molar-refractivity contribution >= 4 is 39.2 Å². The Morgan fingerprint density at radius 2 is 1.90 bits per heavy atom. The van der Waals surface area contributed by atoms with Crippen LogP contribution in [-0.4, -0.2) is 4.98 Å². The summed E-state index contributed by atoms with van der Waals surface area (Å²) in [4.78, 5) is 4.72. The topological polar surface area (TPSA) is 50.9 Å². The van der Waals surface area contributed by atoms with Crippen molar-refractivity contribution in [1.29, 1.82) is 0 Å². The molecule has 3 N–H and O–H groups in total. The van der Waals surface area contributed by atoms with Crippen LogP contribution in [0.5, 0.6) is 0 Å². The molecule has 0 aliphatic heterocycles. The zero-order chi connectivity index (χ0) is 15.0. The smallest absolute Gasteiger partial charge is 0.125 e. The summed E-state index contributed by atoms with van der Waals surface area (Å²) in [5.41, 5.74) is 6.90. The normalized spacial score (nSPS) is 10.9. The third kappa shape index (κ3) is 2.47. The van der Waals surface area contributed by atoms with Gasteiger partial charge in [0.25, 0.3) is 0 Å². The van der Waals surface area contributed by atoms with E-state index in [-0.39, 0.29) is 5.82 Å². The standard InChI is InChI=1S/C16H13FIN3/c1-9-14(10-5-3-2-4-6-10)20-16-12(15(9)21-19)7-11(17)8-13(16)18/h2-8H,19H2,1H3,(H,20,21). The van der Waals surface area contributed by atoms with Crippen LogP contribution in [0.4, 0.5) is 10.1 Å². The zero-order valence-electron chi connectivity index (χ0n) is 11.3. The Bertz CT molecular complexity index is 819. The summed E-state index contributed by atoms with van der Waals surface area (Å²) in [6.07, 6.45) is 0. The minimum atomic E-state index is -0.294. The molecule has 0 saturated carbocycles. The van der Waals surface area contributed by atoms with E-state index in [9.17, 15) is 4.39 Å². The number of fused-ring (bicyclic) bond motifs is 1. The molecule has 0 bridgehead atoms. The molecule has 1 heterocycles. The predicted molar refractivity (Wildman–Crippen MR) is 92.4 cm³/mol. The number of nitrogen functional groups attached to an aromatic ring is 1. The van der Waals surface area contributed by atoms with Crippen molar-refractivity contribution in [2.45, 2.75) is 6.92 Å². The number of hydrogen-bond acceptors (Lipinski definition) is 3. The highest BCUT2D eigenvalue weighted by Crippen LogP contribution is 2.34. The maximum atomic E-state index is 13.7. The summed E-state index contributed by atoms with van der Waals surface area (Å²) in [5.74, 6) is 5.37. The number of nitrogens with two attached hydrogens (primary N) is 1. The minimum absolute atomic E-state index is 0.294. The number of nitrogens with one attached hydrogen (secondary N) is 1. The largest absolute Gasteiger partial charge is 0.323 e. The molecule has 0 radical (unpaired) electrons. The van der Waals surface area contributed by atoms with Gasteiger partial charge in [-0.3, -0.25) is 5.84 Å². The van der Waals surface area contributed by atoms with Gasteiger partial charge in [-0.15, -0.1) is 0 Å². The number of hydrogen-bond donors (Lipinski definition) is 2. The predicted octanol–water partition coefficient (Wildman–Crippen LogP) is 4.24. The monoisotopic (exact) mass is 393 g/mol. The quantitative estimate of drug-likeness (QED) is 0.389. The Kier molecular flexibility index (Phi) is 3.77. The fourth-order valence-electron chi connectivity index (χ4n) is 2.45. The van der Waals surface area contributed by atoms with Crippen molar-refractivity contribution in [3.05, 3.63) is 57.4 Å². The summed E-state index contributed by atoms with van der Waals surface area (Å²) in [6, 6.07) is 12.8. The van der Waals surface area contributed by atoms with Gasteiger partial charge in [-0.2, -0.15) is 0 Å². The lowest BCUT2D eigenvalue weighted by Gasteiger charge is -2.15. The maximum Gasteiger partial charge on any atom is 0.125 e. The van der Waals surface area contributed by atoms with E-state index in [1.807, 2.05) is 37.3 Å². The number of benzene rings is 2. The van der Waals surface area contributed by atoms with E-state index in [1.165, 1.54) is 12.1 Å². The second kappa shape index (κ2) is 5.57. The molecule has 0 unspecified atom stereocenters. The summed E-state index contributed by atoms with van der Waals surface area (Å²) in [5, 5.41) is 0.694. The van der Waals surface area contributed by atoms with E-state index >= 15 is 0 Å². The van der Waals surface area contributed by atoms with Crippen LogP contribution in [0.2, 0.25) is 0 Å². The molecule has 21 heavy (non-hydrogen) atoms. The molecule has 0 amide bonds. The molecule has 0 fully saturated rings. The number of hydrazine groups is 1. The Balaban J connectivity index is 2.41. The Morgan fingerprint density at radius 1 is 1.19 bits per heavy atom. The van der Waals surface area contributed by atoms with Gasteiger partial charge in [-0.1, -0.05) is 30.3 Å². The molecule has 3 aromatic rings. The molecule has 0 spiro atoms. The Labute approximate surface area is 135 Å². The molecule has 3 rings (SSSR count). The first kappa shape index (κ1) is 14.2. The lowest BCUT2D eigenvalue weighted by Crippen LogP contribution is -2.10. The van der Waals surface area contributed by atoms with Crippen LogP contribution in [0.25, 0.3) is 22.2 Å². The molecule has 1 aromatic heterocycles. The SMILES string of the molecule is Cc1c(-c2ccccc2)nc2c(I)cc(F)cc2c1NN.